The van der Waals surface area contributed by atoms with E-state index in [0.29, 0.717) is 0 Å². The normalized spacial score (nSPS) is 19.1. The second kappa shape index (κ2) is 4.78. The number of hydrogen-bond acceptors (Lipinski definition) is 2. The lowest BCUT2D eigenvalue weighted by Crippen LogP contribution is -2.54. The van der Waals surface area contributed by atoms with Crippen molar-refractivity contribution in [2.45, 2.75) is 58.1 Å². The average Bonchev–Trinajstić information content (AvgIpc) is 2.08. The minimum absolute atomic E-state index is 0.0280. The van der Waals surface area contributed by atoms with Crippen LogP contribution in [0.1, 0.15) is 46.5 Å². The van der Waals surface area contributed by atoms with E-state index in [-0.39, 0.29) is 24.2 Å². The highest BCUT2D eigenvalue weighted by atomic mass is 16.5. The molecule has 1 fully saturated rings. The molecule has 0 saturated heterocycles. The molecule has 0 aromatic carbocycles. The zero-order valence-electron chi connectivity index (χ0n) is 9.43. The van der Waals surface area contributed by atoms with Gasteiger partial charge in [-0.1, -0.05) is 6.92 Å². The predicted octanol–water partition coefficient (Wildman–Crippen LogP) is 1.86. The van der Waals surface area contributed by atoms with Crippen LogP contribution in [0, 0.1) is 0 Å². The molecule has 3 heteroatoms. The highest BCUT2D eigenvalue weighted by molar-refractivity contribution is 5.78. The largest absolute Gasteiger partial charge is 0.369 e. The second-order valence-electron chi connectivity index (χ2n) is 4.40. The Morgan fingerprint density at radius 2 is 2.14 bits per heavy atom. The lowest BCUT2D eigenvalue weighted by atomic mass is 9.75. The zero-order valence-corrected chi connectivity index (χ0v) is 9.43. The summed E-state index contributed by atoms with van der Waals surface area (Å²) >= 11 is 0. The van der Waals surface area contributed by atoms with E-state index >= 15 is 0 Å². The number of ether oxygens (including phenoxy) is 1. The van der Waals surface area contributed by atoms with E-state index in [2.05, 4.69) is 12.2 Å². The van der Waals surface area contributed by atoms with E-state index in [9.17, 15) is 4.79 Å². The van der Waals surface area contributed by atoms with Crippen LogP contribution >= 0.6 is 0 Å². The van der Waals surface area contributed by atoms with E-state index in [1.54, 1.807) is 0 Å². The van der Waals surface area contributed by atoms with Crippen LogP contribution in [0.3, 0.4) is 0 Å². The van der Waals surface area contributed by atoms with Gasteiger partial charge in [0, 0.05) is 5.54 Å². The molecule has 0 aromatic rings. The van der Waals surface area contributed by atoms with Crippen LogP contribution < -0.4 is 5.32 Å². The molecule has 1 saturated carbocycles. The fourth-order valence-electron chi connectivity index (χ4n) is 1.74. The van der Waals surface area contributed by atoms with Crippen molar-refractivity contribution >= 4 is 5.91 Å². The fraction of sp³-hybridized carbons (Fsp3) is 0.909. The summed E-state index contributed by atoms with van der Waals surface area (Å²) in [5.74, 6) is 0.0280. The van der Waals surface area contributed by atoms with Gasteiger partial charge < -0.3 is 10.1 Å². The minimum atomic E-state index is 0.0280. The van der Waals surface area contributed by atoms with Gasteiger partial charge in [-0.3, -0.25) is 4.79 Å². The van der Waals surface area contributed by atoms with Gasteiger partial charge >= 0.3 is 0 Å². The molecule has 0 bridgehead atoms. The first-order chi connectivity index (χ1) is 6.58. The highest BCUT2D eigenvalue weighted by Gasteiger charge is 2.36. The molecular weight excluding hydrogens is 178 g/mol. The lowest BCUT2D eigenvalue weighted by molar-refractivity contribution is -0.130. The van der Waals surface area contributed by atoms with E-state index in [1.165, 1.54) is 6.42 Å². The van der Waals surface area contributed by atoms with Crippen LogP contribution in [0.15, 0.2) is 0 Å². The Morgan fingerprint density at radius 3 is 2.50 bits per heavy atom. The molecule has 0 unspecified atom stereocenters. The topological polar surface area (TPSA) is 38.3 Å². The maximum Gasteiger partial charge on any atom is 0.246 e. The molecule has 0 heterocycles. The summed E-state index contributed by atoms with van der Waals surface area (Å²) in [6, 6.07) is 0. The van der Waals surface area contributed by atoms with Crippen LogP contribution in [0.4, 0.5) is 0 Å². The maximum atomic E-state index is 11.5. The van der Waals surface area contributed by atoms with E-state index in [1.807, 2.05) is 13.8 Å². The third-order valence-electron chi connectivity index (χ3n) is 2.94. The first-order valence-electron chi connectivity index (χ1n) is 5.50. The van der Waals surface area contributed by atoms with Crippen molar-refractivity contribution in [3.05, 3.63) is 0 Å². The molecule has 0 spiro atoms. The smallest absolute Gasteiger partial charge is 0.246 e. The van der Waals surface area contributed by atoms with Gasteiger partial charge in [-0.2, -0.15) is 0 Å². The molecule has 0 aliphatic heterocycles. The Bertz CT molecular complexity index is 192. The third-order valence-corrected chi connectivity index (χ3v) is 2.94. The van der Waals surface area contributed by atoms with Crippen molar-refractivity contribution in [2.24, 2.45) is 0 Å². The van der Waals surface area contributed by atoms with Gasteiger partial charge in [0.2, 0.25) is 5.91 Å². The van der Waals surface area contributed by atoms with Crippen molar-refractivity contribution in [1.29, 1.82) is 0 Å². The van der Waals surface area contributed by atoms with Crippen LogP contribution in [0.25, 0.3) is 0 Å². The summed E-state index contributed by atoms with van der Waals surface area (Å²) in [5, 5.41) is 3.07. The predicted molar refractivity (Wildman–Crippen MR) is 56.1 cm³/mol. The number of carbonyl (C=O) groups excluding carboxylic acids is 1. The van der Waals surface area contributed by atoms with Gasteiger partial charge in [-0.15, -0.1) is 0 Å². The average molecular weight is 199 g/mol. The molecule has 1 aliphatic carbocycles. The lowest BCUT2D eigenvalue weighted by Gasteiger charge is -2.42. The molecule has 1 rings (SSSR count). The molecule has 14 heavy (non-hydrogen) atoms. The molecule has 0 radical (unpaired) electrons. The first-order valence-corrected chi connectivity index (χ1v) is 5.50. The van der Waals surface area contributed by atoms with Crippen LogP contribution in [-0.4, -0.2) is 24.2 Å². The Labute approximate surface area is 86.2 Å². The molecular formula is C11H21NO2. The van der Waals surface area contributed by atoms with Crippen molar-refractivity contribution in [3.8, 4) is 0 Å². The van der Waals surface area contributed by atoms with Crippen LogP contribution in [0.2, 0.25) is 0 Å². The van der Waals surface area contributed by atoms with Gasteiger partial charge in [-0.25, -0.2) is 0 Å². The fourth-order valence-corrected chi connectivity index (χ4v) is 1.74. The standard InChI is InChI=1S/C11H21NO2/c1-4-11(6-5-7-11)12-10(13)8-14-9(2)3/h9H,4-8H2,1-3H3,(H,12,13). The van der Waals surface area contributed by atoms with E-state index in [0.717, 1.165) is 19.3 Å². The van der Waals surface area contributed by atoms with Gasteiger partial charge in [0.15, 0.2) is 0 Å². The molecule has 1 amide bonds. The summed E-state index contributed by atoms with van der Waals surface area (Å²) in [5.41, 5.74) is 0.0947. The van der Waals surface area contributed by atoms with Gasteiger partial charge in [0.1, 0.15) is 6.61 Å². The van der Waals surface area contributed by atoms with E-state index < -0.39 is 0 Å². The maximum absolute atomic E-state index is 11.5. The summed E-state index contributed by atoms with van der Waals surface area (Å²) < 4.78 is 5.25. The number of hydrogen-bond donors (Lipinski definition) is 1. The van der Waals surface area contributed by atoms with Crippen LogP contribution in [-0.2, 0) is 9.53 Å². The summed E-state index contributed by atoms with van der Waals surface area (Å²) in [7, 11) is 0. The summed E-state index contributed by atoms with van der Waals surface area (Å²) in [6.07, 6.45) is 4.63. The van der Waals surface area contributed by atoms with Gasteiger partial charge in [-0.05, 0) is 39.5 Å². The summed E-state index contributed by atoms with van der Waals surface area (Å²) in [4.78, 5) is 11.5. The molecule has 3 nitrogen and oxygen atoms in total. The quantitative estimate of drug-likeness (QED) is 0.734. The molecule has 0 aromatic heterocycles. The number of nitrogens with one attached hydrogen (secondary N) is 1. The Morgan fingerprint density at radius 1 is 1.50 bits per heavy atom. The Balaban J connectivity index is 2.25. The number of amides is 1. The molecule has 1 aliphatic rings. The highest BCUT2D eigenvalue weighted by Crippen LogP contribution is 2.34. The molecule has 82 valence electrons. The van der Waals surface area contributed by atoms with Crippen LogP contribution in [0.5, 0.6) is 0 Å². The first kappa shape index (κ1) is 11.5. The number of carbonyl (C=O) groups is 1. The second-order valence-corrected chi connectivity index (χ2v) is 4.40. The number of rotatable bonds is 5. The van der Waals surface area contributed by atoms with Gasteiger partial charge in [0.05, 0.1) is 6.10 Å². The molecule has 1 N–H and O–H groups in total. The van der Waals surface area contributed by atoms with Crippen molar-refractivity contribution in [1.82, 2.24) is 5.32 Å². The van der Waals surface area contributed by atoms with Crippen molar-refractivity contribution < 1.29 is 9.53 Å². The van der Waals surface area contributed by atoms with E-state index in [4.69, 9.17) is 4.74 Å². The van der Waals surface area contributed by atoms with Crippen molar-refractivity contribution in [3.63, 3.8) is 0 Å². The van der Waals surface area contributed by atoms with Crippen molar-refractivity contribution in [2.75, 3.05) is 6.61 Å². The minimum Gasteiger partial charge on any atom is -0.369 e. The SMILES string of the molecule is CCC1(NC(=O)COC(C)C)CCC1. The van der Waals surface area contributed by atoms with Gasteiger partial charge in [0.25, 0.3) is 0 Å². The third kappa shape index (κ3) is 2.98. The summed E-state index contributed by atoms with van der Waals surface area (Å²) in [6.45, 7) is 6.20. The monoisotopic (exact) mass is 199 g/mol. The zero-order chi connectivity index (χ0) is 10.6. The Kier molecular flexibility index (Phi) is 3.93. The molecule has 0 atom stereocenters. The Hall–Kier alpha value is -0.570.